The molecule has 98 valence electrons. The van der Waals surface area contributed by atoms with Crippen molar-refractivity contribution in [2.24, 2.45) is 5.92 Å². The number of hydrogen-bond acceptors (Lipinski definition) is 3. The molecule has 3 N–H and O–H groups in total. The number of aliphatic hydroxyl groups excluding tert-OH is 1. The van der Waals surface area contributed by atoms with Gasteiger partial charge in [0.05, 0.1) is 6.61 Å². The first kappa shape index (κ1) is 15.6. The molecule has 9 heteroatoms. The molecule has 0 radical (unpaired) electrons. The molecule has 0 rings (SSSR count). The van der Waals surface area contributed by atoms with Gasteiger partial charge in [0.25, 0.3) is 10.2 Å². The highest BCUT2D eigenvalue weighted by molar-refractivity contribution is 7.87. The lowest BCUT2D eigenvalue weighted by molar-refractivity contribution is -0.121. The van der Waals surface area contributed by atoms with Crippen molar-refractivity contribution in [3.8, 4) is 0 Å². The van der Waals surface area contributed by atoms with E-state index in [0.29, 0.717) is 0 Å². The fourth-order valence-corrected chi connectivity index (χ4v) is 1.98. The van der Waals surface area contributed by atoms with Gasteiger partial charge in [-0.1, -0.05) is 13.8 Å². The van der Waals surface area contributed by atoms with Gasteiger partial charge in [0.1, 0.15) is 6.54 Å². The van der Waals surface area contributed by atoms with Gasteiger partial charge >= 0.3 is 6.18 Å². The Morgan fingerprint density at radius 2 is 1.81 bits per heavy atom. The normalized spacial score (nSPS) is 15.4. The highest BCUT2D eigenvalue weighted by Crippen LogP contribution is 2.12. The summed E-state index contributed by atoms with van der Waals surface area (Å²) < 4.78 is 60.8. The molecule has 16 heavy (non-hydrogen) atoms. The molecular weight excluding hydrogens is 249 g/mol. The molecule has 5 nitrogen and oxygen atoms in total. The zero-order valence-electron chi connectivity index (χ0n) is 8.87. The van der Waals surface area contributed by atoms with Crippen molar-refractivity contribution >= 4 is 10.2 Å². The predicted molar refractivity (Wildman–Crippen MR) is 51.8 cm³/mol. The van der Waals surface area contributed by atoms with Crippen LogP contribution in [0.5, 0.6) is 0 Å². The molecule has 0 aliphatic rings. The van der Waals surface area contributed by atoms with Crippen LogP contribution in [0.4, 0.5) is 13.2 Å². The van der Waals surface area contributed by atoms with Gasteiger partial charge in [0.2, 0.25) is 0 Å². The summed E-state index contributed by atoms with van der Waals surface area (Å²) in [7, 11) is -4.25. The van der Waals surface area contributed by atoms with Crippen LogP contribution in [0.25, 0.3) is 0 Å². The van der Waals surface area contributed by atoms with Crippen LogP contribution in [0.2, 0.25) is 0 Å². The molecule has 0 aliphatic heterocycles. The van der Waals surface area contributed by atoms with Gasteiger partial charge in [0.15, 0.2) is 0 Å². The van der Waals surface area contributed by atoms with Gasteiger partial charge in [0, 0.05) is 6.04 Å². The van der Waals surface area contributed by atoms with Gasteiger partial charge in [-0.3, -0.25) is 0 Å². The van der Waals surface area contributed by atoms with Gasteiger partial charge in [-0.15, -0.1) is 0 Å². The summed E-state index contributed by atoms with van der Waals surface area (Å²) in [6.45, 7) is 1.14. The monoisotopic (exact) mass is 264 g/mol. The molecule has 0 aromatic rings. The van der Waals surface area contributed by atoms with Crippen LogP contribution in [0, 0.1) is 5.92 Å². The van der Waals surface area contributed by atoms with Crippen LogP contribution >= 0.6 is 0 Å². The van der Waals surface area contributed by atoms with Crippen molar-refractivity contribution in [1.82, 2.24) is 9.44 Å². The molecule has 0 saturated heterocycles. The second-order valence-electron chi connectivity index (χ2n) is 3.59. The Kier molecular flexibility index (Phi) is 5.66. The van der Waals surface area contributed by atoms with Crippen LogP contribution in [0.3, 0.4) is 0 Å². The Morgan fingerprint density at radius 3 is 2.12 bits per heavy atom. The SMILES string of the molecule is CC(C)[C@@H](CO)NS(=O)(=O)NCC(F)(F)F. The molecule has 0 amide bonds. The summed E-state index contributed by atoms with van der Waals surface area (Å²) in [5.74, 6) is -0.229. The number of halogens is 3. The van der Waals surface area contributed by atoms with Crippen molar-refractivity contribution in [3.05, 3.63) is 0 Å². The summed E-state index contributed by atoms with van der Waals surface area (Å²) in [5.41, 5.74) is 0. The first-order valence-electron chi connectivity index (χ1n) is 4.52. The highest BCUT2D eigenvalue weighted by Gasteiger charge is 2.30. The Morgan fingerprint density at radius 1 is 1.31 bits per heavy atom. The zero-order chi connectivity index (χ0) is 13.0. The predicted octanol–water partition coefficient (Wildman–Crippen LogP) is -0.0104. The maximum absolute atomic E-state index is 11.8. The third-order valence-corrected chi connectivity index (χ3v) is 2.91. The molecule has 0 fully saturated rings. The molecule has 0 bridgehead atoms. The lowest BCUT2D eigenvalue weighted by atomic mass is 10.1. The molecule has 0 saturated carbocycles. The van der Waals surface area contributed by atoms with Crippen molar-refractivity contribution in [2.45, 2.75) is 26.1 Å². The molecule has 0 aliphatic carbocycles. The van der Waals surface area contributed by atoms with Gasteiger partial charge in [-0.05, 0) is 5.92 Å². The van der Waals surface area contributed by atoms with E-state index in [9.17, 15) is 21.6 Å². The van der Waals surface area contributed by atoms with E-state index < -0.39 is 35.6 Å². The Labute approximate surface area is 92.2 Å². The summed E-state index contributed by atoms with van der Waals surface area (Å²) in [6, 6.07) is -0.814. The molecule has 1 atom stereocenters. The Balaban J connectivity index is 4.35. The molecule has 0 aromatic carbocycles. The molecular formula is C7H15F3N2O3S. The number of nitrogens with one attached hydrogen (secondary N) is 2. The summed E-state index contributed by atoms with van der Waals surface area (Å²) in [6.07, 6.45) is -4.61. The Bertz CT molecular complexity index is 302. The second-order valence-corrected chi connectivity index (χ2v) is 5.12. The summed E-state index contributed by atoms with van der Waals surface area (Å²) >= 11 is 0. The second kappa shape index (κ2) is 5.80. The van der Waals surface area contributed by atoms with E-state index in [1.807, 2.05) is 4.72 Å². The number of alkyl halides is 3. The van der Waals surface area contributed by atoms with Crippen molar-refractivity contribution in [1.29, 1.82) is 0 Å². The van der Waals surface area contributed by atoms with Crippen LogP contribution in [-0.4, -0.2) is 38.9 Å². The highest BCUT2D eigenvalue weighted by atomic mass is 32.2. The van der Waals surface area contributed by atoms with Crippen molar-refractivity contribution in [3.63, 3.8) is 0 Å². The lowest BCUT2D eigenvalue weighted by Crippen LogP contribution is -2.48. The quantitative estimate of drug-likeness (QED) is 0.631. The van der Waals surface area contributed by atoms with Crippen LogP contribution in [0.1, 0.15) is 13.8 Å². The third-order valence-electron chi connectivity index (χ3n) is 1.77. The van der Waals surface area contributed by atoms with Gasteiger partial charge in [-0.2, -0.15) is 31.0 Å². The minimum atomic E-state index is -4.61. The number of rotatable bonds is 6. The average molecular weight is 264 g/mol. The van der Waals surface area contributed by atoms with E-state index in [1.54, 1.807) is 13.8 Å². The maximum atomic E-state index is 11.8. The summed E-state index contributed by atoms with van der Waals surface area (Å²) in [4.78, 5) is 0. The fraction of sp³-hybridized carbons (Fsp3) is 1.00. The average Bonchev–Trinajstić information content (AvgIpc) is 2.10. The Hall–Kier alpha value is -0.380. The minimum Gasteiger partial charge on any atom is -0.395 e. The van der Waals surface area contributed by atoms with E-state index in [1.165, 1.54) is 4.72 Å². The minimum absolute atomic E-state index is 0.229. The van der Waals surface area contributed by atoms with E-state index >= 15 is 0 Å². The third kappa shape index (κ3) is 6.99. The van der Waals surface area contributed by atoms with Crippen LogP contribution < -0.4 is 9.44 Å². The first-order chi connectivity index (χ1) is 7.07. The van der Waals surface area contributed by atoms with Crippen molar-refractivity contribution in [2.75, 3.05) is 13.2 Å². The van der Waals surface area contributed by atoms with E-state index in [-0.39, 0.29) is 5.92 Å². The number of aliphatic hydroxyl groups is 1. The molecule has 0 spiro atoms. The van der Waals surface area contributed by atoms with Crippen LogP contribution in [-0.2, 0) is 10.2 Å². The topological polar surface area (TPSA) is 78.4 Å². The van der Waals surface area contributed by atoms with E-state index in [0.717, 1.165) is 0 Å². The summed E-state index contributed by atoms with van der Waals surface area (Å²) in [5, 5.41) is 8.81. The largest absolute Gasteiger partial charge is 0.402 e. The van der Waals surface area contributed by atoms with Gasteiger partial charge in [-0.25, -0.2) is 0 Å². The molecule has 0 aromatic heterocycles. The smallest absolute Gasteiger partial charge is 0.395 e. The molecule has 0 heterocycles. The lowest BCUT2D eigenvalue weighted by Gasteiger charge is -2.20. The van der Waals surface area contributed by atoms with Gasteiger partial charge < -0.3 is 5.11 Å². The number of hydrogen-bond donors (Lipinski definition) is 3. The first-order valence-corrected chi connectivity index (χ1v) is 6.00. The maximum Gasteiger partial charge on any atom is 0.402 e. The van der Waals surface area contributed by atoms with E-state index in [4.69, 9.17) is 5.11 Å². The fourth-order valence-electron chi connectivity index (χ4n) is 0.802. The molecule has 0 unspecified atom stereocenters. The standard InChI is InChI=1S/C7H15F3N2O3S/c1-5(2)6(3-13)12-16(14,15)11-4-7(8,9)10/h5-6,11-13H,3-4H2,1-2H3/t6-/m1/s1. The van der Waals surface area contributed by atoms with E-state index in [2.05, 4.69) is 0 Å². The zero-order valence-corrected chi connectivity index (χ0v) is 9.69. The van der Waals surface area contributed by atoms with Crippen molar-refractivity contribution < 1.29 is 26.7 Å². The van der Waals surface area contributed by atoms with Crippen LogP contribution in [0.15, 0.2) is 0 Å².